The van der Waals surface area contributed by atoms with Crippen LogP contribution >= 0.6 is 12.4 Å². The Morgan fingerprint density at radius 1 is 1.29 bits per heavy atom. The summed E-state index contributed by atoms with van der Waals surface area (Å²) >= 11 is 0. The van der Waals surface area contributed by atoms with Crippen LogP contribution in [0.15, 0.2) is 24.3 Å². The quantitative estimate of drug-likeness (QED) is 0.885. The first-order valence-electron chi connectivity index (χ1n) is 5.38. The first kappa shape index (κ1) is 14.2. The molecule has 1 aliphatic heterocycles. The fourth-order valence-electron chi connectivity index (χ4n) is 2.02. The molecule has 0 bridgehead atoms. The Hall–Kier alpha value is -0.870. The average Bonchev–Trinajstić information content (AvgIpc) is 2.29. The molecule has 0 spiro atoms. The summed E-state index contributed by atoms with van der Waals surface area (Å²) in [6.07, 6.45) is 0.482. The number of nitrogens with one attached hydrogen (secondary N) is 1. The molecule has 0 amide bonds. The van der Waals surface area contributed by atoms with Crippen LogP contribution < -0.4 is 10.1 Å². The summed E-state index contributed by atoms with van der Waals surface area (Å²) in [5.74, 6) is -1.98. The molecule has 0 aromatic heterocycles. The van der Waals surface area contributed by atoms with Gasteiger partial charge in [-0.15, -0.1) is 12.4 Å². The van der Waals surface area contributed by atoms with Gasteiger partial charge in [0.25, 0.3) is 5.92 Å². The average molecular weight is 264 g/mol. The van der Waals surface area contributed by atoms with E-state index in [1.165, 1.54) is 0 Å². The number of hydrogen-bond acceptors (Lipinski definition) is 2. The molecule has 0 aliphatic carbocycles. The standard InChI is InChI=1S/C12H15F2NO.ClH/c1-16-10-5-3-9(4-6-10)11-12(13,14)7-2-8-15-11;/h3-6,11,15H,2,7-8H2,1H3;1H. The molecule has 1 saturated heterocycles. The topological polar surface area (TPSA) is 21.3 Å². The molecule has 1 aromatic carbocycles. The molecule has 0 radical (unpaired) electrons. The molecule has 96 valence electrons. The third-order valence-electron chi connectivity index (χ3n) is 2.91. The van der Waals surface area contributed by atoms with Crippen LogP contribution in [-0.2, 0) is 0 Å². The monoisotopic (exact) mass is 263 g/mol. The van der Waals surface area contributed by atoms with E-state index in [0.717, 1.165) is 0 Å². The Morgan fingerprint density at radius 2 is 1.94 bits per heavy atom. The number of alkyl halides is 2. The minimum atomic E-state index is -2.66. The summed E-state index contributed by atoms with van der Waals surface area (Å²) in [5, 5.41) is 2.87. The van der Waals surface area contributed by atoms with Crippen LogP contribution in [0.2, 0.25) is 0 Å². The zero-order chi connectivity index (χ0) is 11.6. The van der Waals surface area contributed by atoms with Crippen LogP contribution in [0.3, 0.4) is 0 Å². The SMILES string of the molecule is COc1ccc(C2NCCCC2(F)F)cc1.Cl. The molecule has 1 N–H and O–H groups in total. The Labute approximate surface area is 106 Å². The Morgan fingerprint density at radius 3 is 2.47 bits per heavy atom. The normalized spacial score (nSPS) is 22.6. The maximum absolute atomic E-state index is 13.6. The summed E-state index contributed by atoms with van der Waals surface area (Å²) in [7, 11) is 1.56. The van der Waals surface area contributed by atoms with Gasteiger partial charge in [0.1, 0.15) is 5.75 Å². The van der Waals surface area contributed by atoms with Crippen LogP contribution in [0.4, 0.5) is 8.78 Å². The highest BCUT2D eigenvalue weighted by molar-refractivity contribution is 5.85. The lowest BCUT2D eigenvalue weighted by Gasteiger charge is -2.32. The molecule has 1 aliphatic rings. The summed E-state index contributed by atoms with van der Waals surface area (Å²) in [4.78, 5) is 0. The number of piperidine rings is 1. The molecule has 17 heavy (non-hydrogen) atoms. The van der Waals surface area contributed by atoms with Gasteiger partial charge in [-0.05, 0) is 30.7 Å². The molecule has 0 saturated carbocycles. The molecule has 1 fully saturated rings. The fraction of sp³-hybridized carbons (Fsp3) is 0.500. The summed E-state index contributed by atoms with van der Waals surface area (Å²) in [6, 6.07) is 5.93. The van der Waals surface area contributed by atoms with Gasteiger partial charge in [0.05, 0.1) is 13.2 Å². The van der Waals surface area contributed by atoms with Crippen LogP contribution in [0, 0.1) is 0 Å². The van der Waals surface area contributed by atoms with Gasteiger partial charge in [0.15, 0.2) is 0 Å². The minimum absolute atomic E-state index is 0. The van der Waals surface area contributed by atoms with E-state index in [2.05, 4.69) is 5.32 Å². The predicted octanol–water partition coefficient (Wildman–Crippen LogP) is 3.18. The molecule has 1 atom stereocenters. The largest absolute Gasteiger partial charge is 0.497 e. The van der Waals surface area contributed by atoms with Gasteiger partial charge in [0.2, 0.25) is 0 Å². The van der Waals surface area contributed by atoms with E-state index in [-0.39, 0.29) is 18.8 Å². The molecule has 1 aromatic rings. The van der Waals surface area contributed by atoms with Crippen LogP contribution in [0.25, 0.3) is 0 Å². The predicted molar refractivity (Wildman–Crippen MR) is 65.2 cm³/mol. The van der Waals surface area contributed by atoms with E-state index < -0.39 is 12.0 Å². The number of hydrogen-bond donors (Lipinski definition) is 1. The number of ether oxygens (including phenoxy) is 1. The van der Waals surface area contributed by atoms with Gasteiger partial charge in [-0.25, -0.2) is 8.78 Å². The number of rotatable bonds is 2. The van der Waals surface area contributed by atoms with Crippen molar-refractivity contribution in [1.82, 2.24) is 5.32 Å². The Bertz CT molecular complexity index is 356. The zero-order valence-electron chi connectivity index (χ0n) is 9.58. The highest BCUT2D eigenvalue weighted by atomic mass is 35.5. The maximum Gasteiger partial charge on any atom is 0.267 e. The number of methoxy groups -OCH3 is 1. The highest BCUT2D eigenvalue weighted by Crippen LogP contribution is 2.38. The zero-order valence-corrected chi connectivity index (χ0v) is 10.4. The van der Waals surface area contributed by atoms with E-state index in [1.807, 2.05) is 0 Å². The van der Waals surface area contributed by atoms with E-state index in [4.69, 9.17) is 4.74 Å². The molecule has 5 heteroatoms. The summed E-state index contributed by atoms with van der Waals surface area (Å²) in [5.41, 5.74) is 0.616. The van der Waals surface area contributed by atoms with E-state index in [9.17, 15) is 8.78 Å². The Kier molecular flexibility index (Phi) is 4.71. The van der Waals surface area contributed by atoms with Crippen molar-refractivity contribution in [2.24, 2.45) is 0 Å². The van der Waals surface area contributed by atoms with E-state index in [1.54, 1.807) is 31.4 Å². The summed E-state index contributed by atoms with van der Waals surface area (Å²) < 4.78 is 32.3. The van der Waals surface area contributed by atoms with Gasteiger partial charge >= 0.3 is 0 Å². The molecular formula is C12H16ClF2NO. The van der Waals surface area contributed by atoms with Crippen molar-refractivity contribution in [3.63, 3.8) is 0 Å². The van der Waals surface area contributed by atoms with Crippen molar-refractivity contribution in [3.05, 3.63) is 29.8 Å². The van der Waals surface area contributed by atoms with E-state index in [0.29, 0.717) is 24.3 Å². The Balaban J connectivity index is 0.00000144. The minimum Gasteiger partial charge on any atom is -0.497 e. The number of halogens is 3. The van der Waals surface area contributed by atoms with Crippen molar-refractivity contribution < 1.29 is 13.5 Å². The van der Waals surface area contributed by atoms with Gasteiger partial charge in [-0.1, -0.05) is 12.1 Å². The second kappa shape index (κ2) is 5.65. The van der Waals surface area contributed by atoms with Crippen LogP contribution in [0.1, 0.15) is 24.4 Å². The number of benzene rings is 1. The van der Waals surface area contributed by atoms with Crippen LogP contribution in [0.5, 0.6) is 5.75 Å². The second-order valence-corrected chi connectivity index (χ2v) is 4.02. The summed E-state index contributed by atoms with van der Waals surface area (Å²) in [6.45, 7) is 0.645. The lowest BCUT2D eigenvalue weighted by atomic mass is 9.93. The third kappa shape index (κ3) is 3.07. The fourth-order valence-corrected chi connectivity index (χ4v) is 2.02. The van der Waals surface area contributed by atoms with Crippen LogP contribution in [-0.4, -0.2) is 19.6 Å². The molecule has 1 heterocycles. The lowest BCUT2D eigenvalue weighted by molar-refractivity contribution is -0.0620. The first-order valence-corrected chi connectivity index (χ1v) is 5.38. The van der Waals surface area contributed by atoms with Crippen molar-refractivity contribution >= 4 is 12.4 Å². The van der Waals surface area contributed by atoms with Crippen molar-refractivity contribution in [1.29, 1.82) is 0 Å². The molecule has 2 rings (SSSR count). The van der Waals surface area contributed by atoms with Crippen molar-refractivity contribution in [3.8, 4) is 5.75 Å². The molecular weight excluding hydrogens is 248 g/mol. The van der Waals surface area contributed by atoms with Gasteiger partial charge in [0, 0.05) is 6.42 Å². The van der Waals surface area contributed by atoms with Gasteiger partial charge in [-0.2, -0.15) is 0 Å². The third-order valence-corrected chi connectivity index (χ3v) is 2.91. The maximum atomic E-state index is 13.6. The van der Waals surface area contributed by atoms with Gasteiger partial charge < -0.3 is 10.1 Å². The van der Waals surface area contributed by atoms with E-state index >= 15 is 0 Å². The van der Waals surface area contributed by atoms with Gasteiger partial charge in [-0.3, -0.25) is 0 Å². The van der Waals surface area contributed by atoms with Crippen molar-refractivity contribution in [2.45, 2.75) is 24.8 Å². The lowest BCUT2D eigenvalue weighted by Crippen LogP contribution is -2.42. The van der Waals surface area contributed by atoms with Crippen molar-refractivity contribution in [2.75, 3.05) is 13.7 Å². The molecule has 2 nitrogen and oxygen atoms in total. The smallest absolute Gasteiger partial charge is 0.267 e. The second-order valence-electron chi connectivity index (χ2n) is 4.02. The highest BCUT2D eigenvalue weighted by Gasteiger charge is 2.42. The molecule has 1 unspecified atom stereocenters. The first-order chi connectivity index (χ1) is 7.63.